The maximum atomic E-state index is 13.8. The molecule has 0 bridgehead atoms. The first kappa shape index (κ1) is 26.0. The van der Waals surface area contributed by atoms with Crippen molar-refractivity contribution in [3.8, 4) is 0 Å². The summed E-state index contributed by atoms with van der Waals surface area (Å²) in [4.78, 5) is 53.1. The number of likely N-dealkylation sites (tertiary alicyclic amines) is 1. The maximum absolute atomic E-state index is 13.8. The first-order valence-electron chi connectivity index (χ1n) is 13.4. The summed E-state index contributed by atoms with van der Waals surface area (Å²) in [5, 5.41) is 3.36. The van der Waals surface area contributed by atoms with E-state index < -0.39 is 6.04 Å². The molecule has 9 nitrogen and oxygen atoms in total. The van der Waals surface area contributed by atoms with Crippen molar-refractivity contribution in [2.24, 2.45) is 13.0 Å². The van der Waals surface area contributed by atoms with E-state index in [1.165, 1.54) is 0 Å². The smallest absolute Gasteiger partial charge is 0.257 e. The second kappa shape index (κ2) is 10.7. The van der Waals surface area contributed by atoms with E-state index in [-0.39, 0.29) is 23.6 Å². The molecule has 1 fully saturated rings. The number of carbonyl (C=O) groups is 3. The molecule has 2 aliphatic rings. The third-order valence-corrected chi connectivity index (χ3v) is 8.10. The van der Waals surface area contributed by atoms with E-state index in [4.69, 9.17) is 11.6 Å². The Morgan fingerprint density at radius 2 is 1.85 bits per heavy atom. The van der Waals surface area contributed by atoms with Gasteiger partial charge in [0.25, 0.3) is 11.8 Å². The number of halogens is 1. The van der Waals surface area contributed by atoms with Crippen molar-refractivity contribution >= 4 is 46.0 Å². The lowest BCUT2D eigenvalue weighted by atomic mass is 9.94. The molecule has 1 unspecified atom stereocenters. The van der Waals surface area contributed by atoms with E-state index in [2.05, 4.69) is 15.3 Å². The van der Waals surface area contributed by atoms with Crippen LogP contribution in [-0.2, 0) is 18.3 Å². The molecule has 0 spiro atoms. The van der Waals surface area contributed by atoms with Gasteiger partial charge in [0.1, 0.15) is 11.6 Å². The quantitative estimate of drug-likeness (QED) is 0.397. The Labute approximate surface area is 236 Å². The third-order valence-electron chi connectivity index (χ3n) is 7.87. The Bertz CT molecular complexity index is 1600. The number of aromatic nitrogens is 3. The number of amides is 3. The van der Waals surface area contributed by atoms with Crippen LogP contribution in [0.3, 0.4) is 0 Å². The Morgan fingerprint density at radius 3 is 2.62 bits per heavy atom. The van der Waals surface area contributed by atoms with Crippen molar-refractivity contribution < 1.29 is 14.4 Å². The molecule has 6 rings (SSSR count). The molecule has 3 aromatic heterocycles. The highest BCUT2D eigenvalue weighted by atomic mass is 35.5. The fourth-order valence-electron chi connectivity index (χ4n) is 5.73. The summed E-state index contributed by atoms with van der Waals surface area (Å²) in [5.41, 5.74) is 3.78. The predicted molar refractivity (Wildman–Crippen MR) is 152 cm³/mol. The van der Waals surface area contributed by atoms with Gasteiger partial charge in [0, 0.05) is 62.4 Å². The van der Waals surface area contributed by atoms with Crippen LogP contribution in [0.5, 0.6) is 0 Å². The van der Waals surface area contributed by atoms with Gasteiger partial charge in [0.05, 0.1) is 22.3 Å². The van der Waals surface area contributed by atoms with Gasteiger partial charge in [-0.25, -0.2) is 0 Å². The van der Waals surface area contributed by atoms with Crippen LogP contribution in [0.15, 0.2) is 67.1 Å². The van der Waals surface area contributed by atoms with Gasteiger partial charge in [-0.2, -0.15) is 0 Å². The van der Waals surface area contributed by atoms with Crippen LogP contribution in [0.4, 0.5) is 5.69 Å². The normalized spacial score (nSPS) is 18.0. The summed E-state index contributed by atoms with van der Waals surface area (Å²) in [6.07, 6.45) is 6.96. The Kier molecular flexibility index (Phi) is 6.98. The summed E-state index contributed by atoms with van der Waals surface area (Å²) in [6.45, 7) is 1.54. The highest BCUT2D eigenvalue weighted by Gasteiger charge is 2.38. The minimum Gasteiger partial charge on any atom is -0.348 e. The summed E-state index contributed by atoms with van der Waals surface area (Å²) in [5.74, 6) is -0.388. The molecule has 1 N–H and O–H groups in total. The average Bonchev–Trinajstić information content (AvgIpc) is 3.27. The van der Waals surface area contributed by atoms with E-state index in [1.807, 2.05) is 53.0 Å². The summed E-state index contributed by atoms with van der Waals surface area (Å²) in [7, 11) is 1.91. The van der Waals surface area contributed by atoms with Gasteiger partial charge < -0.3 is 19.7 Å². The van der Waals surface area contributed by atoms with E-state index in [0.717, 1.165) is 24.1 Å². The lowest BCUT2D eigenvalue weighted by Crippen LogP contribution is -2.50. The number of aryl methyl sites for hydroxylation is 1. The van der Waals surface area contributed by atoms with Crippen LogP contribution in [0.25, 0.3) is 11.0 Å². The largest absolute Gasteiger partial charge is 0.348 e. The first-order chi connectivity index (χ1) is 19.4. The van der Waals surface area contributed by atoms with Crippen LogP contribution in [-0.4, -0.2) is 67.7 Å². The molecule has 10 heteroatoms. The SMILES string of the molecule is Cn1cc(C(=O)N2CCC(CN3C(=O)c4ccc(Cl)cc4NC(=O)C3Cc3ccccn3)CC2)c2ncccc21. The molecule has 1 atom stereocenters. The molecule has 0 aliphatic carbocycles. The number of nitrogens with zero attached hydrogens (tertiary/aromatic N) is 5. The van der Waals surface area contributed by atoms with Gasteiger partial charge in [-0.1, -0.05) is 17.7 Å². The van der Waals surface area contributed by atoms with Gasteiger partial charge in [-0.3, -0.25) is 24.4 Å². The summed E-state index contributed by atoms with van der Waals surface area (Å²) in [6, 6.07) is 13.6. The van der Waals surface area contributed by atoms with E-state index >= 15 is 0 Å². The van der Waals surface area contributed by atoms with Crippen LogP contribution in [0.1, 0.15) is 39.3 Å². The second-order valence-corrected chi connectivity index (χ2v) is 10.9. The molecule has 1 aromatic carbocycles. The van der Waals surface area contributed by atoms with Crippen LogP contribution in [0, 0.1) is 5.92 Å². The van der Waals surface area contributed by atoms with Crippen molar-refractivity contribution in [2.45, 2.75) is 25.3 Å². The predicted octanol–water partition coefficient (Wildman–Crippen LogP) is 4.18. The van der Waals surface area contributed by atoms with Gasteiger partial charge in [0.2, 0.25) is 5.91 Å². The van der Waals surface area contributed by atoms with Crippen molar-refractivity contribution in [1.29, 1.82) is 0 Å². The highest BCUT2D eigenvalue weighted by molar-refractivity contribution is 6.31. The molecule has 40 heavy (non-hydrogen) atoms. The zero-order valence-corrected chi connectivity index (χ0v) is 22.8. The van der Waals surface area contributed by atoms with Crippen LogP contribution >= 0.6 is 11.6 Å². The second-order valence-electron chi connectivity index (χ2n) is 10.4. The van der Waals surface area contributed by atoms with Crippen molar-refractivity contribution in [3.05, 3.63) is 89.0 Å². The number of benzene rings is 1. The first-order valence-corrected chi connectivity index (χ1v) is 13.8. The number of rotatable bonds is 5. The molecule has 4 aromatic rings. The zero-order valence-electron chi connectivity index (χ0n) is 22.1. The van der Waals surface area contributed by atoms with E-state index in [9.17, 15) is 14.4 Å². The van der Waals surface area contributed by atoms with Crippen molar-refractivity contribution in [3.63, 3.8) is 0 Å². The number of hydrogen-bond donors (Lipinski definition) is 1. The maximum Gasteiger partial charge on any atom is 0.257 e. The Morgan fingerprint density at radius 1 is 1.05 bits per heavy atom. The van der Waals surface area contributed by atoms with Gasteiger partial charge in [-0.15, -0.1) is 0 Å². The van der Waals surface area contributed by atoms with E-state index in [1.54, 1.807) is 35.5 Å². The van der Waals surface area contributed by atoms with Gasteiger partial charge in [-0.05, 0) is 61.2 Å². The monoisotopic (exact) mass is 556 g/mol. The zero-order chi connectivity index (χ0) is 27.8. The summed E-state index contributed by atoms with van der Waals surface area (Å²) >= 11 is 6.18. The Balaban J connectivity index is 1.21. The number of nitrogens with one attached hydrogen (secondary N) is 1. The van der Waals surface area contributed by atoms with Crippen molar-refractivity contribution in [1.82, 2.24) is 24.3 Å². The fourth-order valence-corrected chi connectivity index (χ4v) is 5.90. The average molecular weight is 557 g/mol. The molecule has 204 valence electrons. The molecular weight excluding hydrogens is 528 g/mol. The molecular formula is C30H29ClN6O3. The molecule has 0 saturated carbocycles. The minimum absolute atomic E-state index is 0.0354. The number of piperidine rings is 1. The van der Waals surface area contributed by atoms with Gasteiger partial charge >= 0.3 is 0 Å². The van der Waals surface area contributed by atoms with Crippen LogP contribution in [0.2, 0.25) is 5.02 Å². The molecule has 2 aliphatic heterocycles. The molecule has 1 saturated heterocycles. The minimum atomic E-state index is -0.727. The number of hydrogen-bond acceptors (Lipinski definition) is 5. The number of fused-ring (bicyclic) bond motifs is 2. The summed E-state index contributed by atoms with van der Waals surface area (Å²) < 4.78 is 1.92. The number of anilines is 1. The number of pyridine rings is 2. The van der Waals surface area contributed by atoms with Crippen LogP contribution < -0.4 is 5.32 Å². The lowest BCUT2D eigenvalue weighted by molar-refractivity contribution is -0.120. The Hall–Kier alpha value is -4.24. The van der Waals surface area contributed by atoms with E-state index in [0.29, 0.717) is 53.4 Å². The molecule has 0 radical (unpaired) electrons. The third kappa shape index (κ3) is 4.93. The van der Waals surface area contributed by atoms with Crippen molar-refractivity contribution in [2.75, 3.05) is 25.0 Å². The number of carbonyl (C=O) groups excluding carboxylic acids is 3. The standard InChI is InChI=1S/C30H29ClN6O3/c1-35-18-23(27-25(35)6-4-12-33-27)29(39)36-13-9-19(10-14-36)17-37-26(16-21-5-2-3-11-32-21)28(38)34-24-15-20(31)7-8-22(24)30(37)40/h2-8,11-12,15,18-19,26H,9-10,13-14,16-17H2,1H3,(H,34,38). The molecule has 5 heterocycles. The topological polar surface area (TPSA) is 100 Å². The fraction of sp³-hybridized carbons (Fsp3) is 0.300. The lowest BCUT2D eigenvalue weighted by Gasteiger charge is -2.36. The highest BCUT2D eigenvalue weighted by Crippen LogP contribution is 2.30. The van der Waals surface area contributed by atoms with Gasteiger partial charge in [0.15, 0.2) is 0 Å². The molecule has 3 amide bonds.